The molecule has 0 bridgehead atoms. The Labute approximate surface area is 58.6 Å². The third-order valence-electron chi connectivity index (χ3n) is 1.39. The van der Waals surface area contributed by atoms with Gasteiger partial charge in [-0.2, -0.15) is 0 Å². The van der Waals surface area contributed by atoms with Gasteiger partial charge in [-0.25, -0.2) is 0 Å². The molecule has 2 heteroatoms. The average molecular weight is 129 g/mol. The van der Waals surface area contributed by atoms with E-state index in [2.05, 4.69) is 16.2 Å². The third kappa shape index (κ3) is 0.739. The first-order valence-corrected chi connectivity index (χ1v) is 3.02. The van der Waals surface area contributed by atoms with Crippen LogP contribution >= 0.6 is 0 Å². The van der Waals surface area contributed by atoms with E-state index >= 15 is 0 Å². The summed E-state index contributed by atoms with van der Waals surface area (Å²) in [6.07, 6.45) is 8.06. The Balaban J connectivity index is 2.89. The summed E-state index contributed by atoms with van der Waals surface area (Å²) in [4.78, 5) is 7.81. The highest BCUT2D eigenvalue weighted by Gasteiger charge is 1.87. The van der Waals surface area contributed by atoms with Gasteiger partial charge in [-0.1, -0.05) is 0 Å². The van der Waals surface area contributed by atoms with Crippen LogP contribution in [0.2, 0.25) is 0 Å². The van der Waals surface area contributed by atoms with Crippen molar-refractivity contribution in [3.05, 3.63) is 36.9 Å². The normalized spacial score (nSPS) is 10.0. The maximum absolute atomic E-state index is 3.96. The molecule has 0 saturated carbocycles. The van der Waals surface area contributed by atoms with Crippen LogP contribution in [0.25, 0.3) is 10.8 Å². The number of pyridine rings is 2. The lowest BCUT2D eigenvalue weighted by atomic mass is 10.2. The first kappa shape index (κ1) is 5.35. The van der Waals surface area contributed by atoms with Crippen LogP contribution in [-0.2, 0) is 0 Å². The number of aromatic nitrogens is 2. The van der Waals surface area contributed by atoms with Gasteiger partial charge < -0.3 is 0 Å². The molecular formula is C8H5N2. The fraction of sp³-hybridized carbons (Fsp3) is 0. The Bertz CT molecular complexity index is 278. The zero-order chi connectivity index (χ0) is 6.81. The Morgan fingerprint density at radius 2 is 2.20 bits per heavy atom. The van der Waals surface area contributed by atoms with E-state index in [0.29, 0.717) is 0 Å². The van der Waals surface area contributed by atoms with Gasteiger partial charge in [0.25, 0.3) is 0 Å². The van der Waals surface area contributed by atoms with E-state index in [-0.39, 0.29) is 0 Å². The van der Waals surface area contributed by atoms with Crippen LogP contribution in [0.4, 0.5) is 0 Å². The molecule has 0 aromatic carbocycles. The number of rotatable bonds is 0. The van der Waals surface area contributed by atoms with Crippen molar-refractivity contribution in [1.82, 2.24) is 9.97 Å². The zero-order valence-corrected chi connectivity index (χ0v) is 5.28. The van der Waals surface area contributed by atoms with Crippen LogP contribution in [0.5, 0.6) is 0 Å². The summed E-state index contributed by atoms with van der Waals surface area (Å²) < 4.78 is 0. The molecule has 0 aliphatic carbocycles. The molecule has 0 saturated heterocycles. The number of nitrogens with zero attached hydrogens (tertiary/aromatic N) is 2. The van der Waals surface area contributed by atoms with Crippen molar-refractivity contribution in [1.29, 1.82) is 0 Å². The molecule has 0 unspecified atom stereocenters. The van der Waals surface area contributed by atoms with Gasteiger partial charge >= 0.3 is 0 Å². The van der Waals surface area contributed by atoms with Crippen molar-refractivity contribution < 1.29 is 0 Å². The van der Waals surface area contributed by atoms with Gasteiger partial charge in [-0.3, -0.25) is 9.97 Å². The number of fused-ring (bicyclic) bond motifs is 1. The lowest BCUT2D eigenvalue weighted by Gasteiger charge is -1.90. The van der Waals surface area contributed by atoms with E-state index in [1.165, 1.54) is 0 Å². The van der Waals surface area contributed by atoms with Crippen LogP contribution < -0.4 is 0 Å². The van der Waals surface area contributed by atoms with Gasteiger partial charge in [0.15, 0.2) is 0 Å². The highest BCUT2D eigenvalue weighted by atomic mass is 14.6. The second-order valence-electron chi connectivity index (χ2n) is 2.04. The first-order chi connectivity index (χ1) is 4.97. The molecule has 2 aromatic rings. The summed E-state index contributed by atoms with van der Waals surface area (Å²) >= 11 is 0. The topological polar surface area (TPSA) is 25.8 Å². The van der Waals surface area contributed by atoms with Crippen LogP contribution in [0.15, 0.2) is 30.7 Å². The minimum Gasteiger partial charge on any atom is -0.264 e. The summed E-state index contributed by atoms with van der Waals surface area (Å²) in [5.74, 6) is 0. The van der Waals surface area contributed by atoms with E-state index < -0.39 is 0 Å². The molecule has 2 aromatic heterocycles. The second-order valence-corrected chi connectivity index (χ2v) is 2.04. The molecule has 0 amide bonds. The minimum atomic E-state index is 1.06. The largest absolute Gasteiger partial charge is 0.264 e. The molecule has 0 fully saturated rings. The molecule has 0 aliphatic rings. The lowest BCUT2D eigenvalue weighted by Crippen LogP contribution is -1.75. The first-order valence-electron chi connectivity index (χ1n) is 3.02. The molecule has 10 heavy (non-hydrogen) atoms. The van der Waals surface area contributed by atoms with Crippen molar-refractivity contribution in [3.63, 3.8) is 0 Å². The molecular weight excluding hydrogens is 124 g/mol. The Morgan fingerprint density at radius 1 is 1.20 bits per heavy atom. The Hall–Kier alpha value is -1.44. The number of hydrogen-bond acceptors (Lipinski definition) is 2. The lowest BCUT2D eigenvalue weighted by molar-refractivity contribution is 1.31. The van der Waals surface area contributed by atoms with Crippen molar-refractivity contribution >= 4 is 10.8 Å². The maximum atomic E-state index is 3.96. The van der Waals surface area contributed by atoms with Gasteiger partial charge in [0.2, 0.25) is 0 Å². The zero-order valence-electron chi connectivity index (χ0n) is 5.28. The standard InChI is InChI=1S/C8H5N2/c1-3-9-5-8-6-10-4-2-7(1)8/h1-3,5-6H. The second kappa shape index (κ2) is 2.06. The Morgan fingerprint density at radius 3 is 3.10 bits per heavy atom. The number of hydrogen-bond donors (Lipinski definition) is 0. The van der Waals surface area contributed by atoms with Gasteiger partial charge in [0.05, 0.1) is 6.20 Å². The van der Waals surface area contributed by atoms with Gasteiger partial charge in [-0.05, 0) is 17.5 Å². The van der Waals surface area contributed by atoms with E-state index in [0.717, 1.165) is 10.8 Å². The van der Waals surface area contributed by atoms with E-state index in [1.54, 1.807) is 18.6 Å². The van der Waals surface area contributed by atoms with Gasteiger partial charge in [0, 0.05) is 24.0 Å². The molecule has 2 heterocycles. The third-order valence-corrected chi connectivity index (χ3v) is 1.39. The Kier molecular flexibility index (Phi) is 1.10. The van der Waals surface area contributed by atoms with Crippen LogP contribution in [0.3, 0.4) is 0 Å². The molecule has 2 nitrogen and oxygen atoms in total. The van der Waals surface area contributed by atoms with Crippen LogP contribution in [0.1, 0.15) is 0 Å². The predicted molar refractivity (Wildman–Crippen MR) is 38.4 cm³/mol. The van der Waals surface area contributed by atoms with E-state index in [1.807, 2.05) is 12.1 Å². The molecule has 1 radical (unpaired) electrons. The van der Waals surface area contributed by atoms with Gasteiger partial charge in [-0.15, -0.1) is 0 Å². The summed E-state index contributed by atoms with van der Waals surface area (Å²) in [5, 5.41) is 2.19. The average Bonchev–Trinajstić information content (AvgIpc) is 2.05. The summed E-state index contributed by atoms with van der Waals surface area (Å²) in [6, 6.07) is 3.78. The van der Waals surface area contributed by atoms with Gasteiger partial charge in [0.1, 0.15) is 0 Å². The van der Waals surface area contributed by atoms with Crippen molar-refractivity contribution in [3.8, 4) is 0 Å². The monoisotopic (exact) mass is 129 g/mol. The molecule has 0 spiro atoms. The van der Waals surface area contributed by atoms with Crippen molar-refractivity contribution in [2.24, 2.45) is 0 Å². The molecule has 47 valence electrons. The minimum absolute atomic E-state index is 1.06. The fourth-order valence-corrected chi connectivity index (χ4v) is 0.870. The highest BCUT2D eigenvalue weighted by Crippen LogP contribution is 2.07. The molecule has 0 aliphatic heterocycles. The molecule has 2 rings (SSSR count). The smallest absolute Gasteiger partial charge is 0.0892 e. The predicted octanol–water partition coefficient (Wildman–Crippen LogP) is 1.43. The maximum Gasteiger partial charge on any atom is 0.0892 e. The quantitative estimate of drug-likeness (QED) is 0.537. The highest BCUT2D eigenvalue weighted by molar-refractivity contribution is 5.79. The fourth-order valence-electron chi connectivity index (χ4n) is 0.870. The van der Waals surface area contributed by atoms with E-state index in [9.17, 15) is 0 Å². The van der Waals surface area contributed by atoms with E-state index in [4.69, 9.17) is 0 Å². The van der Waals surface area contributed by atoms with Crippen LogP contribution in [-0.4, -0.2) is 9.97 Å². The molecule has 0 N–H and O–H groups in total. The summed E-state index contributed by atoms with van der Waals surface area (Å²) in [7, 11) is 0. The summed E-state index contributed by atoms with van der Waals surface area (Å²) in [6.45, 7) is 0. The van der Waals surface area contributed by atoms with Crippen LogP contribution in [0, 0.1) is 6.20 Å². The van der Waals surface area contributed by atoms with Crippen molar-refractivity contribution in [2.45, 2.75) is 0 Å². The molecule has 0 atom stereocenters. The summed E-state index contributed by atoms with van der Waals surface area (Å²) in [5.41, 5.74) is 0. The van der Waals surface area contributed by atoms with Crippen molar-refractivity contribution in [2.75, 3.05) is 0 Å². The SMILES string of the molecule is [c]1cc2ccncc2cn1.